The summed E-state index contributed by atoms with van der Waals surface area (Å²) in [5, 5.41) is 24.7. The van der Waals surface area contributed by atoms with Gasteiger partial charge in [0.25, 0.3) is 0 Å². The lowest BCUT2D eigenvalue weighted by atomic mass is 9.96. The molecule has 3 aromatic heterocycles. The maximum absolute atomic E-state index is 13.0. The van der Waals surface area contributed by atoms with Crippen LogP contribution in [0.15, 0.2) is 36.7 Å². The average molecular weight is 686 g/mol. The first-order valence-corrected chi connectivity index (χ1v) is 21.6. The fourth-order valence-corrected chi connectivity index (χ4v) is 7.98. The molecule has 7 rings (SSSR count). The van der Waals surface area contributed by atoms with Crippen LogP contribution >= 0.6 is 0 Å². The molecule has 1 aromatic carbocycles. The summed E-state index contributed by atoms with van der Waals surface area (Å²) in [5.41, 5.74) is 4.00. The van der Waals surface area contributed by atoms with Crippen LogP contribution in [0.4, 0.5) is 10.6 Å². The number of hydrogen-bond acceptors (Lipinski definition) is 9. The first-order chi connectivity index (χ1) is 23.3. The third-order valence-corrected chi connectivity index (χ3v) is 11.8. The van der Waals surface area contributed by atoms with Crippen molar-refractivity contribution in [3.63, 3.8) is 0 Å². The molecule has 1 amide bonds. The SMILES string of the molecule is CN(c1ccc(-c2ccc(-c3cnn(CC4CC4)n3)c3cnn(COCC[Si](C)(C)C)c23)nn1)C1C[C@H]2CC[C@@H](C1)N2C(=O)OC(C)(C)C. The Kier molecular flexibility index (Phi) is 9.01. The number of benzene rings is 1. The van der Waals surface area contributed by atoms with Gasteiger partial charge < -0.3 is 19.3 Å². The van der Waals surface area contributed by atoms with Crippen molar-refractivity contribution in [2.45, 2.75) is 122 Å². The van der Waals surface area contributed by atoms with Crippen LogP contribution in [0.5, 0.6) is 0 Å². The Balaban J connectivity index is 1.12. The van der Waals surface area contributed by atoms with Gasteiger partial charge in [0.05, 0.1) is 30.1 Å². The molecule has 2 bridgehead atoms. The molecule has 5 heterocycles. The molecule has 3 atom stereocenters. The lowest BCUT2D eigenvalue weighted by Crippen LogP contribution is -2.53. The molecule has 0 spiro atoms. The molecular formula is C36H51N9O3Si. The molecule has 1 aliphatic carbocycles. The van der Waals surface area contributed by atoms with Gasteiger partial charge in [-0.3, -0.25) is 0 Å². The second-order valence-electron chi connectivity index (χ2n) is 16.4. The number of ether oxygens (including phenoxy) is 2. The quantitative estimate of drug-likeness (QED) is 0.124. The molecular weight excluding hydrogens is 635 g/mol. The lowest BCUT2D eigenvalue weighted by Gasteiger charge is -2.42. The van der Waals surface area contributed by atoms with Crippen molar-refractivity contribution in [1.29, 1.82) is 0 Å². The minimum absolute atomic E-state index is 0.184. The minimum Gasteiger partial charge on any atom is -0.444 e. The Morgan fingerprint density at radius 1 is 0.939 bits per heavy atom. The van der Waals surface area contributed by atoms with Crippen LogP contribution in [0.2, 0.25) is 25.7 Å². The fraction of sp³-hybridized carbons (Fsp3) is 0.611. The highest BCUT2D eigenvalue weighted by Gasteiger charge is 2.46. The summed E-state index contributed by atoms with van der Waals surface area (Å²) < 4.78 is 13.8. The van der Waals surface area contributed by atoms with Crippen LogP contribution in [0.1, 0.15) is 59.3 Å². The van der Waals surface area contributed by atoms with Gasteiger partial charge in [-0.1, -0.05) is 25.7 Å². The van der Waals surface area contributed by atoms with Crippen molar-refractivity contribution in [2.24, 2.45) is 5.92 Å². The third kappa shape index (κ3) is 7.52. The predicted molar refractivity (Wildman–Crippen MR) is 193 cm³/mol. The molecule has 1 unspecified atom stereocenters. The first-order valence-electron chi connectivity index (χ1n) is 17.9. The zero-order valence-electron chi connectivity index (χ0n) is 30.1. The number of nitrogens with zero attached hydrogens (tertiary/aromatic N) is 9. The standard InChI is InChI=1S/C36H51N9O3Si/c1-36(2,3)48-35(46)45-25-10-11-26(45)19-27(18-25)42(4)33-15-14-31(39-40-33)29-13-12-28(32-21-38-44(41-32)22-24-8-9-24)30-20-37-43(34(29)30)23-47-16-17-49(5,6)7/h12-15,20-21,24-27H,8-11,16-19,22-23H2,1-7H3/t25-,26+,27?. The molecule has 262 valence electrons. The van der Waals surface area contributed by atoms with E-state index in [4.69, 9.17) is 29.9 Å². The summed E-state index contributed by atoms with van der Waals surface area (Å²) in [7, 11) is 0.869. The maximum Gasteiger partial charge on any atom is 0.410 e. The van der Waals surface area contributed by atoms with Gasteiger partial charge in [-0.2, -0.15) is 20.1 Å². The zero-order chi connectivity index (χ0) is 34.5. The highest BCUT2D eigenvalue weighted by molar-refractivity contribution is 6.76. The van der Waals surface area contributed by atoms with E-state index in [1.165, 1.54) is 12.8 Å². The smallest absolute Gasteiger partial charge is 0.410 e. The van der Waals surface area contributed by atoms with Crippen LogP contribution < -0.4 is 4.90 Å². The highest BCUT2D eigenvalue weighted by atomic mass is 28.3. The summed E-state index contributed by atoms with van der Waals surface area (Å²) in [6, 6.07) is 10.0. The van der Waals surface area contributed by atoms with E-state index in [2.05, 4.69) is 54.9 Å². The van der Waals surface area contributed by atoms with Crippen LogP contribution in [-0.4, -0.2) is 91.4 Å². The van der Waals surface area contributed by atoms with E-state index in [0.29, 0.717) is 19.3 Å². The largest absolute Gasteiger partial charge is 0.444 e. The van der Waals surface area contributed by atoms with E-state index >= 15 is 0 Å². The number of piperidine rings is 1. The number of fused-ring (bicyclic) bond motifs is 3. The third-order valence-electron chi connectivity index (χ3n) is 10.1. The Hall–Kier alpha value is -3.84. The normalized spacial score (nSPS) is 21.0. The molecule has 3 fully saturated rings. The van der Waals surface area contributed by atoms with E-state index in [1.54, 1.807) is 0 Å². The molecule has 13 heteroatoms. The number of amides is 1. The second kappa shape index (κ2) is 13.1. The topological polar surface area (TPSA) is 116 Å². The minimum atomic E-state index is -1.22. The van der Waals surface area contributed by atoms with E-state index in [1.807, 2.05) is 53.6 Å². The molecule has 4 aromatic rings. The van der Waals surface area contributed by atoms with Crippen molar-refractivity contribution in [2.75, 3.05) is 18.6 Å². The molecule has 3 aliphatic rings. The van der Waals surface area contributed by atoms with E-state index in [0.717, 1.165) is 77.5 Å². The van der Waals surface area contributed by atoms with E-state index in [9.17, 15) is 4.79 Å². The molecule has 0 N–H and O–H groups in total. The van der Waals surface area contributed by atoms with Gasteiger partial charge in [0.2, 0.25) is 0 Å². The Morgan fingerprint density at radius 2 is 1.67 bits per heavy atom. The Bertz CT molecular complexity index is 1770. The lowest BCUT2D eigenvalue weighted by molar-refractivity contribution is 0.00596. The van der Waals surface area contributed by atoms with Crippen LogP contribution in [0.25, 0.3) is 33.4 Å². The van der Waals surface area contributed by atoms with Crippen LogP contribution in [0, 0.1) is 5.92 Å². The highest BCUT2D eigenvalue weighted by Crippen LogP contribution is 2.40. The predicted octanol–water partition coefficient (Wildman–Crippen LogP) is 6.84. The summed E-state index contributed by atoms with van der Waals surface area (Å²) >= 11 is 0. The fourth-order valence-electron chi connectivity index (χ4n) is 7.22. The first kappa shape index (κ1) is 33.6. The monoisotopic (exact) mass is 685 g/mol. The summed E-state index contributed by atoms with van der Waals surface area (Å²) in [4.78, 5) is 19.0. The second-order valence-corrected chi connectivity index (χ2v) is 22.0. The van der Waals surface area contributed by atoms with Gasteiger partial charge in [0.15, 0.2) is 5.82 Å². The van der Waals surface area contributed by atoms with Crippen molar-refractivity contribution in [3.05, 3.63) is 36.7 Å². The van der Waals surface area contributed by atoms with E-state index < -0.39 is 13.7 Å². The van der Waals surface area contributed by atoms with Gasteiger partial charge >= 0.3 is 6.09 Å². The number of carbonyl (C=O) groups excluding carboxylic acids is 1. The molecule has 2 saturated heterocycles. The number of hydrogen-bond donors (Lipinski definition) is 0. The van der Waals surface area contributed by atoms with Gasteiger partial charge in [-0.15, -0.1) is 10.2 Å². The summed E-state index contributed by atoms with van der Waals surface area (Å²) in [6.07, 6.45) is 9.88. The van der Waals surface area contributed by atoms with Crippen molar-refractivity contribution in [3.8, 4) is 22.5 Å². The van der Waals surface area contributed by atoms with Gasteiger partial charge in [0, 0.05) is 56.4 Å². The molecule has 1 saturated carbocycles. The molecule has 49 heavy (non-hydrogen) atoms. The molecule has 0 radical (unpaired) electrons. The number of rotatable bonds is 11. The van der Waals surface area contributed by atoms with Crippen molar-refractivity contribution in [1.82, 2.24) is 39.9 Å². The number of aromatic nitrogens is 7. The number of carbonyl (C=O) groups is 1. The summed E-state index contributed by atoms with van der Waals surface area (Å²) in [6.45, 7) is 14.8. The van der Waals surface area contributed by atoms with Crippen LogP contribution in [-0.2, 0) is 22.7 Å². The Labute approximate surface area is 290 Å². The maximum atomic E-state index is 13.0. The zero-order valence-corrected chi connectivity index (χ0v) is 31.1. The number of anilines is 1. The van der Waals surface area contributed by atoms with Crippen LogP contribution in [0.3, 0.4) is 0 Å². The Morgan fingerprint density at radius 3 is 2.33 bits per heavy atom. The van der Waals surface area contributed by atoms with Crippen molar-refractivity contribution >= 4 is 30.9 Å². The van der Waals surface area contributed by atoms with Gasteiger partial charge in [0.1, 0.15) is 18.0 Å². The van der Waals surface area contributed by atoms with E-state index in [-0.39, 0.29) is 24.2 Å². The van der Waals surface area contributed by atoms with Gasteiger partial charge in [-0.25, -0.2) is 9.48 Å². The molecule has 2 aliphatic heterocycles. The van der Waals surface area contributed by atoms with Crippen molar-refractivity contribution < 1.29 is 14.3 Å². The van der Waals surface area contributed by atoms with Gasteiger partial charge in [-0.05, 0) is 89.5 Å². The molecule has 12 nitrogen and oxygen atoms in total. The summed E-state index contributed by atoms with van der Waals surface area (Å²) in [5.74, 6) is 1.52. The average Bonchev–Trinajstić information content (AvgIpc) is 3.44.